The van der Waals surface area contributed by atoms with Crippen molar-refractivity contribution in [2.75, 3.05) is 24.5 Å². The number of fused-ring (bicyclic) bond motifs is 2. The van der Waals surface area contributed by atoms with Gasteiger partial charge in [-0.15, -0.1) is 11.3 Å². The van der Waals surface area contributed by atoms with Crippen LogP contribution in [0, 0.1) is 0 Å². The molecule has 106 valence electrons. The normalized spacial score (nSPS) is 27.8. The van der Waals surface area contributed by atoms with Crippen LogP contribution in [0.1, 0.15) is 44.0 Å². The summed E-state index contributed by atoms with van der Waals surface area (Å²) in [7, 11) is 0. The Morgan fingerprint density at radius 2 is 2.21 bits per heavy atom. The van der Waals surface area contributed by atoms with Gasteiger partial charge in [-0.3, -0.25) is 0 Å². The number of nitrogens with zero attached hydrogens (tertiary/aromatic N) is 2. The molecule has 1 aromatic rings. The van der Waals surface area contributed by atoms with Crippen molar-refractivity contribution in [1.82, 2.24) is 10.3 Å². The van der Waals surface area contributed by atoms with Gasteiger partial charge in [0.1, 0.15) is 0 Å². The smallest absolute Gasteiger partial charge is 0.185 e. The van der Waals surface area contributed by atoms with Gasteiger partial charge in [0.05, 0.1) is 12.2 Å². The van der Waals surface area contributed by atoms with Gasteiger partial charge in [-0.1, -0.05) is 6.92 Å². The number of rotatable bonds is 5. The first kappa shape index (κ1) is 13.3. The molecule has 2 fully saturated rings. The zero-order valence-electron chi connectivity index (χ0n) is 11.8. The summed E-state index contributed by atoms with van der Waals surface area (Å²) in [6.07, 6.45) is 6.50. The summed E-state index contributed by atoms with van der Waals surface area (Å²) < 4.78 is 5.88. The molecule has 3 rings (SSSR count). The monoisotopic (exact) mass is 281 g/mol. The van der Waals surface area contributed by atoms with E-state index in [0.29, 0.717) is 18.2 Å². The quantitative estimate of drug-likeness (QED) is 0.900. The van der Waals surface area contributed by atoms with E-state index in [-0.39, 0.29) is 0 Å². The summed E-state index contributed by atoms with van der Waals surface area (Å²) in [5.41, 5.74) is 0. The van der Waals surface area contributed by atoms with Crippen molar-refractivity contribution in [3.05, 3.63) is 11.1 Å². The third-order valence-electron chi connectivity index (χ3n) is 3.95. The molecule has 0 aromatic carbocycles. The number of nitrogens with one attached hydrogen (secondary N) is 1. The minimum atomic E-state index is 0.406. The average molecular weight is 281 g/mol. The standard InChI is InChI=1S/C14H23N3OS/c1-3-6-15-10(2)13-7-16-14(19-13)17-8-11-4-5-12(9-17)18-11/h7,10-12,15H,3-6,8-9H2,1-2H3. The lowest BCUT2D eigenvalue weighted by Gasteiger charge is -2.31. The van der Waals surface area contributed by atoms with Crippen LogP contribution in [-0.2, 0) is 4.74 Å². The van der Waals surface area contributed by atoms with Crippen LogP contribution < -0.4 is 10.2 Å². The van der Waals surface area contributed by atoms with Gasteiger partial charge in [-0.05, 0) is 32.7 Å². The topological polar surface area (TPSA) is 37.4 Å². The Labute approximate surface area is 119 Å². The lowest BCUT2D eigenvalue weighted by molar-refractivity contribution is 0.0305. The second-order valence-corrected chi connectivity index (χ2v) is 6.62. The van der Waals surface area contributed by atoms with Crippen LogP contribution in [-0.4, -0.2) is 36.8 Å². The Balaban J connectivity index is 1.64. The Morgan fingerprint density at radius 3 is 2.89 bits per heavy atom. The molecule has 3 heterocycles. The van der Waals surface area contributed by atoms with Crippen molar-refractivity contribution >= 4 is 16.5 Å². The van der Waals surface area contributed by atoms with E-state index in [0.717, 1.165) is 19.6 Å². The summed E-state index contributed by atoms with van der Waals surface area (Å²) in [5, 5.41) is 4.69. The van der Waals surface area contributed by atoms with E-state index in [2.05, 4.69) is 29.0 Å². The predicted molar refractivity (Wildman–Crippen MR) is 78.9 cm³/mol. The molecule has 4 nitrogen and oxygen atoms in total. The minimum Gasteiger partial charge on any atom is -0.371 e. The largest absolute Gasteiger partial charge is 0.371 e. The highest BCUT2D eigenvalue weighted by Crippen LogP contribution is 2.33. The van der Waals surface area contributed by atoms with E-state index in [9.17, 15) is 0 Å². The van der Waals surface area contributed by atoms with Gasteiger partial charge in [-0.2, -0.15) is 0 Å². The van der Waals surface area contributed by atoms with Gasteiger partial charge < -0.3 is 15.0 Å². The van der Waals surface area contributed by atoms with E-state index in [1.165, 1.54) is 29.3 Å². The van der Waals surface area contributed by atoms with Gasteiger partial charge >= 0.3 is 0 Å². The molecule has 3 unspecified atom stereocenters. The van der Waals surface area contributed by atoms with Crippen molar-refractivity contribution in [3.8, 4) is 0 Å². The van der Waals surface area contributed by atoms with Crippen LogP contribution in [0.25, 0.3) is 0 Å². The van der Waals surface area contributed by atoms with E-state index in [1.54, 1.807) is 0 Å². The highest BCUT2D eigenvalue weighted by atomic mass is 32.1. The Hall–Kier alpha value is -0.650. The molecule has 2 saturated heterocycles. The first-order chi connectivity index (χ1) is 9.26. The first-order valence-electron chi connectivity index (χ1n) is 7.35. The van der Waals surface area contributed by atoms with Gasteiger partial charge in [0.15, 0.2) is 5.13 Å². The van der Waals surface area contributed by atoms with Crippen molar-refractivity contribution in [3.63, 3.8) is 0 Å². The summed E-state index contributed by atoms with van der Waals surface area (Å²) in [5.74, 6) is 0. The van der Waals surface area contributed by atoms with Crippen LogP contribution in [0.2, 0.25) is 0 Å². The maximum atomic E-state index is 5.88. The third kappa shape index (κ3) is 2.93. The van der Waals surface area contributed by atoms with Crippen LogP contribution in [0.5, 0.6) is 0 Å². The van der Waals surface area contributed by atoms with Gasteiger partial charge in [0.25, 0.3) is 0 Å². The van der Waals surface area contributed by atoms with Crippen LogP contribution in [0.3, 0.4) is 0 Å². The van der Waals surface area contributed by atoms with Gasteiger partial charge in [-0.25, -0.2) is 4.98 Å². The predicted octanol–water partition coefficient (Wildman–Crippen LogP) is 2.57. The molecule has 1 N–H and O–H groups in total. The van der Waals surface area contributed by atoms with E-state index in [1.807, 2.05) is 17.5 Å². The molecule has 0 spiro atoms. The summed E-state index contributed by atoms with van der Waals surface area (Å²) in [6.45, 7) is 7.51. The summed E-state index contributed by atoms with van der Waals surface area (Å²) in [4.78, 5) is 8.36. The summed E-state index contributed by atoms with van der Waals surface area (Å²) in [6, 6.07) is 0.406. The highest BCUT2D eigenvalue weighted by molar-refractivity contribution is 7.15. The Bertz CT molecular complexity index is 411. The van der Waals surface area contributed by atoms with E-state index in [4.69, 9.17) is 4.74 Å². The molecule has 0 radical (unpaired) electrons. The summed E-state index contributed by atoms with van der Waals surface area (Å²) >= 11 is 1.83. The van der Waals surface area contributed by atoms with E-state index < -0.39 is 0 Å². The molecule has 1 aromatic heterocycles. The molecule has 0 aliphatic carbocycles. The number of thiazole rings is 1. The maximum absolute atomic E-state index is 5.88. The van der Waals surface area contributed by atoms with Crippen LogP contribution in [0.15, 0.2) is 6.20 Å². The molecule has 2 bridgehead atoms. The first-order valence-corrected chi connectivity index (χ1v) is 8.17. The van der Waals surface area contributed by atoms with Gasteiger partial charge in [0, 0.05) is 30.2 Å². The maximum Gasteiger partial charge on any atom is 0.185 e. The number of hydrogen-bond acceptors (Lipinski definition) is 5. The lowest BCUT2D eigenvalue weighted by Crippen LogP contribution is -2.42. The Kier molecular flexibility index (Phi) is 4.05. The molecule has 19 heavy (non-hydrogen) atoms. The van der Waals surface area contributed by atoms with Crippen molar-refractivity contribution < 1.29 is 4.74 Å². The molecule has 0 saturated carbocycles. The molecule has 0 amide bonds. The number of aromatic nitrogens is 1. The lowest BCUT2D eigenvalue weighted by atomic mass is 10.2. The fourth-order valence-corrected chi connectivity index (χ4v) is 3.82. The fourth-order valence-electron chi connectivity index (χ4n) is 2.86. The molecular weight excluding hydrogens is 258 g/mol. The number of ether oxygens (including phenoxy) is 1. The van der Waals surface area contributed by atoms with Crippen molar-refractivity contribution in [2.24, 2.45) is 0 Å². The zero-order valence-corrected chi connectivity index (χ0v) is 12.6. The number of anilines is 1. The SMILES string of the molecule is CCCNC(C)c1cnc(N2CC3CCC(C2)O3)s1. The van der Waals surface area contributed by atoms with E-state index >= 15 is 0 Å². The van der Waals surface area contributed by atoms with Crippen molar-refractivity contribution in [1.29, 1.82) is 0 Å². The second kappa shape index (κ2) is 5.77. The second-order valence-electron chi connectivity index (χ2n) is 5.58. The molecule has 5 heteroatoms. The zero-order chi connectivity index (χ0) is 13.2. The Morgan fingerprint density at radius 1 is 1.47 bits per heavy atom. The molecule has 3 atom stereocenters. The fraction of sp³-hybridized carbons (Fsp3) is 0.786. The molecule has 2 aliphatic rings. The average Bonchev–Trinajstić information content (AvgIpc) is 3.03. The third-order valence-corrected chi connectivity index (χ3v) is 5.19. The van der Waals surface area contributed by atoms with Crippen molar-refractivity contribution in [2.45, 2.75) is 51.4 Å². The van der Waals surface area contributed by atoms with Crippen LogP contribution in [0.4, 0.5) is 5.13 Å². The number of morpholine rings is 1. The minimum absolute atomic E-state index is 0.406. The molecular formula is C14H23N3OS. The number of hydrogen-bond donors (Lipinski definition) is 1. The molecule has 2 aliphatic heterocycles. The highest BCUT2D eigenvalue weighted by Gasteiger charge is 2.34. The van der Waals surface area contributed by atoms with Gasteiger partial charge in [0.2, 0.25) is 0 Å². The van der Waals surface area contributed by atoms with Crippen LogP contribution >= 0.6 is 11.3 Å².